The molecule has 3 nitrogen and oxygen atoms in total. The summed E-state index contributed by atoms with van der Waals surface area (Å²) in [6.07, 6.45) is 5.57. The van der Waals surface area contributed by atoms with Crippen LogP contribution < -0.4 is 4.74 Å². The zero-order valence-electron chi connectivity index (χ0n) is 14.6. The van der Waals surface area contributed by atoms with Crippen molar-refractivity contribution < 1.29 is 9.53 Å². The van der Waals surface area contributed by atoms with Gasteiger partial charge in [0.1, 0.15) is 5.75 Å². The molecule has 0 unspecified atom stereocenters. The summed E-state index contributed by atoms with van der Waals surface area (Å²) < 4.78 is 5.26. The van der Waals surface area contributed by atoms with Gasteiger partial charge in [0.2, 0.25) is 0 Å². The second-order valence-electron chi connectivity index (χ2n) is 7.04. The molecular weight excluding hydrogens is 310 g/mol. The molecule has 0 radical (unpaired) electrons. The topological polar surface area (TPSA) is 29.5 Å². The molecule has 0 aromatic heterocycles. The van der Waals surface area contributed by atoms with E-state index < -0.39 is 0 Å². The lowest BCUT2D eigenvalue weighted by Crippen LogP contribution is -2.48. The van der Waals surface area contributed by atoms with Crippen molar-refractivity contribution in [1.29, 1.82) is 0 Å². The lowest BCUT2D eigenvalue weighted by atomic mass is 9.80. The molecule has 2 aliphatic rings. The van der Waals surface area contributed by atoms with Crippen LogP contribution in [0.4, 0.5) is 0 Å². The van der Waals surface area contributed by atoms with E-state index in [1.165, 1.54) is 5.56 Å². The second kappa shape index (κ2) is 6.40. The molecule has 3 heteroatoms. The Balaban J connectivity index is 1.70. The molecule has 1 saturated heterocycles. The van der Waals surface area contributed by atoms with Crippen molar-refractivity contribution in [1.82, 2.24) is 4.90 Å². The first-order chi connectivity index (χ1) is 12.2. The summed E-state index contributed by atoms with van der Waals surface area (Å²) in [5.74, 6) is 1.07. The highest BCUT2D eigenvalue weighted by atomic mass is 16.5. The molecule has 2 aliphatic heterocycles. The summed E-state index contributed by atoms with van der Waals surface area (Å²) in [5, 5.41) is 0. The van der Waals surface area contributed by atoms with Crippen molar-refractivity contribution in [2.45, 2.75) is 31.2 Å². The van der Waals surface area contributed by atoms with Crippen LogP contribution in [-0.2, 0) is 11.2 Å². The third-order valence-electron chi connectivity index (χ3n) is 5.45. The highest BCUT2D eigenvalue weighted by molar-refractivity contribution is 5.99. The zero-order valence-corrected chi connectivity index (χ0v) is 14.6. The van der Waals surface area contributed by atoms with Crippen LogP contribution in [0.3, 0.4) is 0 Å². The van der Waals surface area contributed by atoms with Gasteiger partial charge in [-0.05, 0) is 54.7 Å². The normalized spacial score (nSPS) is 22.5. The fourth-order valence-corrected chi connectivity index (χ4v) is 4.33. The third-order valence-corrected chi connectivity index (χ3v) is 5.45. The number of carbonyl (C=O) groups is 1. The predicted molar refractivity (Wildman–Crippen MR) is 99.4 cm³/mol. The Labute approximate surface area is 148 Å². The molecule has 2 heterocycles. The summed E-state index contributed by atoms with van der Waals surface area (Å²) in [7, 11) is 1.67. The van der Waals surface area contributed by atoms with E-state index in [-0.39, 0.29) is 11.3 Å². The first-order valence-corrected chi connectivity index (χ1v) is 8.91. The molecule has 2 aromatic rings. The van der Waals surface area contributed by atoms with E-state index in [4.69, 9.17) is 4.74 Å². The number of fused-ring (bicyclic) bond motifs is 1. The first kappa shape index (κ1) is 15.9. The molecule has 128 valence electrons. The molecule has 0 bridgehead atoms. The summed E-state index contributed by atoms with van der Waals surface area (Å²) in [6, 6.07) is 18.6. The molecular formula is C22H23NO2. The van der Waals surface area contributed by atoms with E-state index in [1.807, 2.05) is 24.3 Å². The number of ether oxygens (including phenoxy) is 1. The van der Waals surface area contributed by atoms with Gasteiger partial charge in [0.05, 0.1) is 12.6 Å². The average molecular weight is 333 g/mol. The Morgan fingerprint density at radius 3 is 2.56 bits per heavy atom. The van der Waals surface area contributed by atoms with Crippen LogP contribution in [0.2, 0.25) is 0 Å². The number of nitrogens with zero attached hydrogens (tertiary/aromatic N) is 1. The number of ketones is 1. The van der Waals surface area contributed by atoms with Gasteiger partial charge in [-0.3, -0.25) is 4.79 Å². The van der Waals surface area contributed by atoms with Gasteiger partial charge in [-0.1, -0.05) is 30.3 Å². The second-order valence-corrected chi connectivity index (χ2v) is 7.04. The van der Waals surface area contributed by atoms with Gasteiger partial charge in [0, 0.05) is 24.7 Å². The SMILES string of the molecule is COc1ccc(C2=CC(=O)C[C@@]3(Cc4ccccc4)CCCN23)cc1. The van der Waals surface area contributed by atoms with E-state index in [1.54, 1.807) is 7.11 Å². The molecule has 0 N–H and O–H groups in total. The highest BCUT2D eigenvalue weighted by Crippen LogP contribution is 2.44. The van der Waals surface area contributed by atoms with Crippen LogP contribution in [0.15, 0.2) is 60.7 Å². The molecule has 1 atom stereocenters. The number of methoxy groups -OCH3 is 1. The lowest BCUT2D eigenvalue weighted by molar-refractivity contribution is -0.117. The Morgan fingerprint density at radius 2 is 1.84 bits per heavy atom. The largest absolute Gasteiger partial charge is 0.497 e. The summed E-state index contributed by atoms with van der Waals surface area (Å²) in [4.78, 5) is 15.1. The van der Waals surface area contributed by atoms with Crippen molar-refractivity contribution >= 4 is 11.5 Å². The van der Waals surface area contributed by atoms with E-state index in [0.717, 1.165) is 42.8 Å². The minimum absolute atomic E-state index is 0.0809. The summed E-state index contributed by atoms with van der Waals surface area (Å²) in [6.45, 7) is 1.01. The highest BCUT2D eigenvalue weighted by Gasteiger charge is 2.45. The van der Waals surface area contributed by atoms with E-state index in [2.05, 4.69) is 41.3 Å². The third kappa shape index (κ3) is 2.95. The molecule has 0 saturated carbocycles. The molecule has 0 aliphatic carbocycles. The number of benzene rings is 2. The van der Waals surface area contributed by atoms with Gasteiger partial charge < -0.3 is 9.64 Å². The van der Waals surface area contributed by atoms with E-state index in [9.17, 15) is 4.79 Å². The predicted octanol–water partition coefficient (Wildman–Crippen LogP) is 4.09. The molecule has 1 fully saturated rings. The maximum atomic E-state index is 12.6. The standard InChI is InChI=1S/C22H23NO2/c1-25-20-10-8-18(9-11-20)21-14-19(24)16-22(12-5-13-23(21)22)15-17-6-3-2-4-7-17/h2-4,6-11,14H,5,12-13,15-16H2,1H3/t22-/m0/s1. The first-order valence-electron chi connectivity index (χ1n) is 8.91. The van der Waals surface area contributed by atoms with Crippen molar-refractivity contribution in [2.24, 2.45) is 0 Å². The van der Waals surface area contributed by atoms with Crippen LogP contribution in [-0.4, -0.2) is 29.9 Å². The monoisotopic (exact) mass is 333 g/mol. The summed E-state index contributed by atoms with van der Waals surface area (Å²) >= 11 is 0. The molecule has 0 amide bonds. The maximum Gasteiger partial charge on any atom is 0.160 e. The molecule has 25 heavy (non-hydrogen) atoms. The fourth-order valence-electron chi connectivity index (χ4n) is 4.33. The van der Waals surface area contributed by atoms with Crippen LogP contribution in [0.1, 0.15) is 30.4 Å². The van der Waals surface area contributed by atoms with Crippen LogP contribution in [0.25, 0.3) is 5.70 Å². The molecule has 4 rings (SSSR count). The fraction of sp³-hybridized carbons (Fsp3) is 0.318. The van der Waals surface area contributed by atoms with Crippen molar-refractivity contribution in [2.75, 3.05) is 13.7 Å². The summed E-state index contributed by atoms with van der Waals surface area (Å²) in [5.41, 5.74) is 3.38. The van der Waals surface area contributed by atoms with Crippen LogP contribution >= 0.6 is 0 Å². The van der Waals surface area contributed by atoms with E-state index >= 15 is 0 Å². The van der Waals surface area contributed by atoms with Crippen molar-refractivity contribution in [3.8, 4) is 5.75 Å². The lowest BCUT2D eigenvalue weighted by Gasteiger charge is -2.44. The quantitative estimate of drug-likeness (QED) is 0.844. The Morgan fingerprint density at radius 1 is 1.08 bits per heavy atom. The Bertz CT molecular complexity index is 795. The van der Waals surface area contributed by atoms with Gasteiger partial charge in [0.25, 0.3) is 0 Å². The Kier molecular flexibility index (Phi) is 4.08. The van der Waals surface area contributed by atoms with Crippen LogP contribution in [0.5, 0.6) is 5.75 Å². The van der Waals surface area contributed by atoms with Gasteiger partial charge in [-0.2, -0.15) is 0 Å². The minimum Gasteiger partial charge on any atom is -0.497 e. The molecule has 0 spiro atoms. The maximum absolute atomic E-state index is 12.6. The van der Waals surface area contributed by atoms with Gasteiger partial charge >= 0.3 is 0 Å². The number of carbonyl (C=O) groups excluding carboxylic acids is 1. The van der Waals surface area contributed by atoms with Gasteiger partial charge in [0.15, 0.2) is 5.78 Å². The van der Waals surface area contributed by atoms with Gasteiger partial charge in [-0.15, -0.1) is 0 Å². The zero-order chi connectivity index (χ0) is 17.3. The van der Waals surface area contributed by atoms with Crippen molar-refractivity contribution in [3.63, 3.8) is 0 Å². The Hall–Kier alpha value is -2.55. The van der Waals surface area contributed by atoms with Crippen LogP contribution in [0, 0.1) is 0 Å². The number of hydrogen-bond acceptors (Lipinski definition) is 3. The van der Waals surface area contributed by atoms with E-state index in [0.29, 0.717) is 6.42 Å². The minimum atomic E-state index is -0.0809. The average Bonchev–Trinajstić information content (AvgIpc) is 3.05. The molecule has 2 aromatic carbocycles. The number of hydrogen-bond donors (Lipinski definition) is 0. The van der Waals surface area contributed by atoms with Crippen molar-refractivity contribution in [3.05, 3.63) is 71.8 Å². The number of rotatable bonds is 4. The van der Waals surface area contributed by atoms with Gasteiger partial charge in [-0.25, -0.2) is 0 Å². The smallest absolute Gasteiger partial charge is 0.160 e. The number of allylic oxidation sites excluding steroid dienone is 1.